The average molecular weight is 425 g/mol. The van der Waals surface area contributed by atoms with Gasteiger partial charge in [-0.25, -0.2) is 0 Å². The van der Waals surface area contributed by atoms with Crippen molar-refractivity contribution in [2.75, 3.05) is 0 Å². The SMILES string of the molecule is [Li].[Li][C](S(=O)(=O)C(F)(F)F)(S(=O)(=O)C(F)(F)F)S(=O)(=O)C(F)(F)F. The second-order valence-corrected chi connectivity index (χ2v) is 11.3. The van der Waals surface area contributed by atoms with Gasteiger partial charge in [0.05, 0.1) is 0 Å². The van der Waals surface area contributed by atoms with Crippen LogP contribution in [0.1, 0.15) is 0 Å². The van der Waals surface area contributed by atoms with Crippen molar-refractivity contribution in [2.24, 2.45) is 0 Å². The number of alkyl halides is 9. The Morgan fingerprint density at radius 1 is 0.500 bits per heavy atom. The Morgan fingerprint density at radius 2 is 0.625 bits per heavy atom. The zero-order valence-electron chi connectivity index (χ0n) is 11.1. The van der Waals surface area contributed by atoms with Crippen LogP contribution in [0.15, 0.2) is 0 Å². The van der Waals surface area contributed by atoms with Gasteiger partial charge in [-0.05, 0) is 0 Å². The first kappa shape index (κ1) is 26.6. The van der Waals surface area contributed by atoms with Crippen LogP contribution >= 0.6 is 0 Å². The Bertz CT molecular complexity index is 678. The first-order valence-electron chi connectivity index (χ1n) is 4.43. The Labute approximate surface area is 149 Å². The molecule has 0 heterocycles. The van der Waals surface area contributed by atoms with E-state index in [1.165, 1.54) is 0 Å². The Hall–Kier alpha value is 0.415. The Kier molecular flexibility index (Phi) is 7.26. The van der Waals surface area contributed by atoms with E-state index < -0.39 is 65.8 Å². The van der Waals surface area contributed by atoms with Crippen LogP contribution in [0.4, 0.5) is 39.5 Å². The zero-order valence-corrected chi connectivity index (χ0v) is 13.5. The molecule has 0 rings (SSSR count). The van der Waals surface area contributed by atoms with Crippen molar-refractivity contribution in [3.8, 4) is 0 Å². The molecular weight excluding hydrogens is 425 g/mol. The molecular formula is C4F9Li2O6S3. The van der Waals surface area contributed by atoms with Crippen LogP contribution in [0.2, 0.25) is 0 Å². The normalized spacial score (nSPS) is 15.8. The van der Waals surface area contributed by atoms with Gasteiger partial charge in [-0.3, -0.25) is 0 Å². The summed E-state index contributed by atoms with van der Waals surface area (Å²) >= 11 is -1.35. The molecule has 0 aliphatic carbocycles. The molecule has 0 aromatic rings. The molecule has 135 valence electrons. The molecule has 0 spiro atoms. The van der Waals surface area contributed by atoms with Gasteiger partial charge < -0.3 is 0 Å². The summed E-state index contributed by atoms with van der Waals surface area (Å²) in [6.07, 6.45) is 0. The van der Waals surface area contributed by atoms with Crippen LogP contribution < -0.4 is 0 Å². The molecule has 0 aliphatic heterocycles. The minimum atomic E-state index is -8.04. The van der Waals surface area contributed by atoms with Gasteiger partial charge in [0, 0.05) is 18.9 Å². The molecule has 6 nitrogen and oxygen atoms in total. The molecule has 0 N–H and O–H groups in total. The number of halogens is 9. The van der Waals surface area contributed by atoms with Crippen LogP contribution in [0.25, 0.3) is 0 Å². The van der Waals surface area contributed by atoms with Gasteiger partial charge in [-0.1, -0.05) is 0 Å². The van der Waals surface area contributed by atoms with Crippen molar-refractivity contribution >= 4 is 66.1 Å². The van der Waals surface area contributed by atoms with Crippen molar-refractivity contribution in [3.05, 3.63) is 0 Å². The van der Waals surface area contributed by atoms with Crippen molar-refractivity contribution in [1.82, 2.24) is 0 Å². The molecule has 1 radical (unpaired) electrons. The molecule has 0 fully saturated rings. The second-order valence-electron chi connectivity index (χ2n) is 3.71. The predicted molar refractivity (Wildman–Crippen MR) is 59.2 cm³/mol. The van der Waals surface area contributed by atoms with Crippen LogP contribution in [-0.2, 0) is 29.5 Å². The van der Waals surface area contributed by atoms with E-state index in [1.807, 2.05) is 0 Å². The third-order valence-electron chi connectivity index (χ3n) is 2.38. The summed E-state index contributed by atoms with van der Waals surface area (Å²) in [4.78, 5) is 0. The fourth-order valence-corrected chi connectivity index (χ4v) is 7.49. The topological polar surface area (TPSA) is 102 Å². The fraction of sp³-hybridized carbons (Fsp3) is 1.00. The van der Waals surface area contributed by atoms with Gasteiger partial charge in [0.2, 0.25) is 0 Å². The minimum absolute atomic E-state index is 0. The van der Waals surface area contributed by atoms with Crippen LogP contribution in [0, 0.1) is 0 Å². The molecule has 20 heteroatoms. The van der Waals surface area contributed by atoms with Gasteiger partial charge in [0.25, 0.3) is 0 Å². The first-order chi connectivity index (χ1) is 9.50. The summed E-state index contributed by atoms with van der Waals surface area (Å²) in [6, 6.07) is 0. The van der Waals surface area contributed by atoms with E-state index in [1.54, 1.807) is 0 Å². The first-order valence-corrected chi connectivity index (χ1v) is 8.88. The third kappa shape index (κ3) is 3.47. The Morgan fingerprint density at radius 3 is 0.708 bits per heavy atom. The molecule has 0 aliphatic rings. The molecule has 0 unspecified atom stereocenters. The van der Waals surface area contributed by atoms with Crippen LogP contribution in [-0.4, -0.2) is 80.4 Å². The Balaban J connectivity index is 0. The summed E-state index contributed by atoms with van der Waals surface area (Å²) in [5.41, 5.74) is -21.2. The fourth-order valence-electron chi connectivity index (χ4n) is 1.06. The maximum absolute atomic E-state index is 12.3. The molecule has 0 amide bonds. The predicted octanol–water partition coefficient (Wildman–Crippen LogP) is 0.189. The average Bonchev–Trinajstić information content (AvgIpc) is 2.22. The number of hydrogen-bond acceptors (Lipinski definition) is 6. The van der Waals surface area contributed by atoms with Gasteiger partial charge in [0.15, 0.2) is 0 Å². The van der Waals surface area contributed by atoms with E-state index in [0.29, 0.717) is 0 Å². The second kappa shape index (κ2) is 6.54. The summed E-state index contributed by atoms with van der Waals surface area (Å²) < 4.78 is 170. The van der Waals surface area contributed by atoms with Crippen molar-refractivity contribution in [2.45, 2.75) is 18.6 Å². The third-order valence-corrected chi connectivity index (χ3v) is 11.1. The van der Waals surface area contributed by atoms with Gasteiger partial charge >= 0.3 is 131 Å². The van der Waals surface area contributed by atoms with E-state index in [9.17, 15) is 64.8 Å². The van der Waals surface area contributed by atoms with E-state index >= 15 is 0 Å². The van der Waals surface area contributed by atoms with Crippen molar-refractivity contribution in [1.29, 1.82) is 0 Å². The summed E-state index contributed by atoms with van der Waals surface area (Å²) in [5.74, 6) is 0. The van der Waals surface area contributed by atoms with Gasteiger partial charge in [-0.15, -0.1) is 0 Å². The molecule has 0 aromatic heterocycles. The van der Waals surface area contributed by atoms with Crippen LogP contribution in [0.5, 0.6) is 0 Å². The van der Waals surface area contributed by atoms with Gasteiger partial charge in [0.1, 0.15) is 0 Å². The summed E-state index contributed by atoms with van der Waals surface area (Å²) in [7, 11) is -24.1. The summed E-state index contributed by atoms with van der Waals surface area (Å²) in [6.45, 7) is 0. The number of rotatable bonds is 3. The maximum atomic E-state index is 12.3. The van der Waals surface area contributed by atoms with E-state index in [0.717, 1.165) is 0 Å². The standard InChI is InChI=1S/C4F9O6S3.2Li/c5-2(6,7)20(14,15)1(21(16,17)3(8,9)10)22(18,19)4(11,12)13;;. The molecule has 0 saturated carbocycles. The monoisotopic (exact) mass is 425 g/mol. The quantitative estimate of drug-likeness (QED) is 0.473. The molecule has 0 aromatic carbocycles. The molecule has 0 atom stereocenters. The van der Waals surface area contributed by atoms with E-state index in [-0.39, 0.29) is 18.9 Å². The molecule has 0 saturated heterocycles. The molecule has 24 heavy (non-hydrogen) atoms. The zero-order chi connectivity index (χ0) is 19.5. The number of sulfone groups is 3. The van der Waals surface area contributed by atoms with E-state index in [2.05, 4.69) is 0 Å². The number of hydrogen-bond donors (Lipinski definition) is 0. The van der Waals surface area contributed by atoms with Crippen LogP contribution in [0.3, 0.4) is 0 Å². The van der Waals surface area contributed by atoms with Crippen molar-refractivity contribution < 1.29 is 64.8 Å². The van der Waals surface area contributed by atoms with Crippen molar-refractivity contribution in [3.63, 3.8) is 0 Å². The molecule has 0 bridgehead atoms. The summed E-state index contributed by atoms with van der Waals surface area (Å²) in [5, 5.41) is 0. The van der Waals surface area contributed by atoms with Gasteiger partial charge in [-0.2, -0.15) is 0 Å². The van der Waals surface area contributed by atoms with E-state index in [4.69, 9.17) is 0 Å².